The van der Waals surface area contributed by atoms with Crippen LogP contribution in [0, 0.1) is 0 Å². The molecule has 0 fully saturated rings. The highest BCUT2D eigenvalue weighted by Crippen LogP contribution is 2.43. The smallest absolute Gasteiger partial charge is 0.329 e. The van der Waals surface area contributed by atoms with E-state index in [1.807, 2.05) is 0 Å². The largest absolute Gasteiger partial charge is 0.480 e. The highest BCUT2D eigenvalue weighted by molar-refractivity contribution is 7.51. The first-order chi connectivity index (χ1) is 33.5. The summed E-state index contributed by atoms with van der Waals surface area (Å²) in [5.74, 6) is -3.43. The van der Waals surface area contributed by atoms with Crippen LogP contribution in [0.15, 0.2) is 127 Å². The Bertz CT molecular complexity index is 2740. The Hall–Kier alpha value is -5.07. The van der Waals surface area contributed by atoms with Crippen molar-refractivity contribution in [2.75, 3.05) is 0 Å². The van der Waals surface area contributed by atoms with E-state index in [1.165, 1.54) is 0 Å². The molecule has 6 aromatic carbocycles. The second-order valence-corrected chi connectivity index (χ2v) is 22.6. The van der Waals surface area contributed by atoms with Gasteiger partial charge in [0.1, 0.15) is 18.1 Å². The van der Waals surface area contributed by atoms with Crippen molar-refractivity contribution in [2.24, 2.45) is 17.2 Å². The molecule has 0 aliphatic rings. The monoisotopic (exact) mass is 1110 g/mol. The fraction of sp³-hybridized carbons (Fsp3) is 0.188. The van der Waals surface area contributed by atoms with Crippen LogP contribution in [0.1, 0.15) is 33.4 Å². The van der Waals surface area contributed by atoms with E-state index in [2.05, 4.69) is 0 Å². The highest BCUT2D eigenvalue weighted by atomic mass is 35.5. The Morgan fingerprint density at radius 3 is 0.792 bits per heavy atom. The third kappa shape index (κ3) is 20.1. The van der Waals surface area contributed by atoms with Crippen LogP contribution >= 0.6 is 57.6 Å². The van der Waals surface area contributed by atoms with Crippen LogP contribution in [-0.4, -0.2) is 80.7 Å². The maximum Gasteiger partial charge on any atom is 0.329 e. The van der Waals surface area contributed by atoms with Gasteiger partial charge in [0, 0.05) is 31.8 Å². The number of carboxylic acid groups (broad SMARTS) is 3. The van der Waals surface area contributed by atoms with Crippen LogP contribution < -0.4 is 17.2 Å². The molecule has 72 heavy (non-hydrogen) atoms. The molecule has 0 saturated carbocycles. The first kappa shape index (κ1) is 59.5. The molecule has 0 heterocycles. The van der Waals surface area contributed by atoms with Crippen molar-refractivity contribution in [3.8, 4) is 33.4 Å². The molecule has 0 amide bonds. The lowest BCUT2D eigenvalue weighted by molar-refractivity contribution is -0.139. The Labute approximate surface area is 428 Å². The summed E-state index contributed by atoms with van der Waals surface area (Å²) in [5, 5.41) is 28.3. The zero-order chi connectivity index (χ0) is 53.7. The van der Waals surface area contributed by atoms with Gasteiger partial charge in [-0.25, -0.2) is 0 Å². The third-order valence-electron chi connectivity index (χ3n) is 10.2. The van der Waals surface area contributed by atoms with Gasteiger partial charge in [-0.2, -0.15) is 0 Å². The summed E-state index contributed by atoms with van der Waals surface area (Å²) in [6.07, 6.45) is -1.20. The van der Waals surface area contributed by atoms with Crippen molar-refractivity contribution in [3.63, 3.8) is 0 Å². The zero-order valence-corrected chi connectivity index (χ0v) is 42.7. The van der Waals surface area contributed by atoms with Crippen LogP contribution in [0.3, 0.4) is 0 Å². The van der Waals surface area contributed by atoms with Gasteiger partial charge in [0.05, 0.1) is 18.5 Å². The summed E-state index contributed by atoms with van der Waals surface area (Å²) >= 11 is 18.5. The van der Waals surface area contributed by atoms with Crippen molar-refractivity contribution in [3.05, 3.63) is 176 Å². The number of aliphatic carboxylic acids is 3. The van der Waals surface area contributed by atoms with Crippen LogP contribution in [0.2, 0.25) is 15.1 Å². The summed E-state index contributed by atoms with van der Waals surface area (Å²) in [5.41, 5.74) is 23.6. The van der Waals surface area contributed by atoms with Crippen LogP contribution in [-0.2, 0) is 65.8 Å². The molecule has 0 unspecified atom stereocenters. The number of carboxylic acids is 3. The first-order valence-electron chi connectivity index (χ1n) is 21.2. The second kappa shape index (κ2) is 26.2. The quantitative estimate of drug-likeness (QED) is 0.0363. The van der Waals surface area contributed by atoms with Crippen molar-refractivity contribution in [2.45, 2.75) is 55.9 Å². The maximum atomic E-state index is 11.3. The summed E-state index contributed by atoms with van der Waals surface area (Å²) in [7, 11) is -12.8. The van der Waals surface area contributed by atoms with Gasteiger partial charge in [0.25, 0.3) is 0 Å². The molecule has 24 heteroatoms. The van der Waals surface area contributed by atoms with E-state index in [0.29, 0.717) is 81.8 Å². The van der Waals surface area contributed by atoms with Gasteiger partial charge in [-0.15, -0.1) is 0 Å². The van der Waals surface area contributed by atoms with Gasteiger partial charge in [0.2, 0.25) is 0 Å². The SMILES string of the molecule is N[C@@H](Cc1cc(CP(=O)(O)O)cc(-c2ccccc2Cl)c1)C(=O)O.N[C@@H](Cc1cc(CP(=O)(O)O)cc(-c2ccccc2Cl)c1)C(=O)O.N[C@@H](Cc1cc(CP(=O)(O)O)cc(-c2ccccc2Cl)c1)C(=O)O. The van der Waals surface area contributed by atoms with Crippen LogP contribution in [0.4, 0.5) is 0 Å². The van der Waals surface area contributed by atoms with Gasteiger partial charge in [-0.1, -0.05) is 144 Å². The molecule has 0 aromatic heterocycles. The number of carbonyl (C=O) groups is 3. The van der Waals surface area contributed by atoms with Gasteiger partial charge < -0.3 is 61.9 Å². The Kier molecular flexibility index (Phi) is 21.7. The topological polar surface area (TPSA) is 363 Å². The standard InChI is InChI=1S/3C16H17ClNO5P/c3*17-14-4-2-1-3-13(14)12-6-10(8-15(18)16(19)20)5-11(7-12)9-24(21,22)23/h3*1-7,15H,8-9,18H2,(H,19,20)(H2,21,22,23)/t3*15-/m000/s1. The highest BCUT2D eigenvalue weighted by Gasteiger charge is 2.22. The van der Waals surface area contributed by atoms with Crippen molar-refractivity contribution >= 4 is 75.5 Å². The molecule has 0 radical (unpaired) electrons. The van der Waals surface area contributed by atoms with Gasteiger partial charge in [0.15, 0.2) is 0 Å². The molecule has 0 saturated heterocycles. The maximum absolute atomic E-state index is 11.3. The lowest BCUT2D eigenvalue weighted by Gasteiger charge is -2.13. The lowest BCUT2D eigenvalue weighted by atomic mass is 9.97. The Morgan fingerprint density at radius 1 is 0.389 bits per heavy atom. The molecule has 3 atom stereocenters. The fourth-order valence-electron chi connectivity index (χ4n) is 7.20. The molecule has 0 bridgehead atoms. The molecule has 0 aliphatic carbocycles. The minimum Gasteiger partial charge on any atom is -0.480 e. The van der Waals surface area contributed by atoms with Crippen molar-refractivity contribution < 1.29 is 72.8 Å². The van der Waals surface area contributed by atoms with Crippen molar-refractivity contribution in [1.29, 1.82) is 0 Å². The molecule has 18 nitrogen and oxygen atoms in total. The molecule has 0 aliphatic heterocycles. The minimum atomic E-state index is -4.26. The first-order valence-corrected chi connectivity index (χ1v) is 27.7. The molecule has 384 valence electrons. The molecular formula is C48H51Cl3N3O15P3. The summed E-state index contributed by atoms with van der Waals surface area (Å²) in [6, 6.07) is 32.6. The molecule has 15 N–H and O–H groups in total. The molecular weight excluding hydrogens is 1060 g/mol. The van der Waals surface area contributed by atoms with E-state index >= 15 is 0 Å². The second-order valence-electron chi connectivity index (χ2n) is 16.5. The third-order valence-corrected chi connectivity index (χ3v) is 13.5. The van der Waals surface area contributed by atoms with E-state index in [1.54, 1.807) is 127 Å². The van der Waals surface area contributed by atoms with E-state index in [0.717, 1.165) is 0 Å². The van der Waals surface area contributed by atoms with Crippen LogP contribution in [0.25, 0.3) is 33.4 Å². The molecule has 6 rings (SSSR count). The van der Waals surface area contributed by atoms with E-state index in [-0.39, 0.29) is 19.3 Å². The van der Waals surface area contributed by atoms with Gasteiger partial charge in [-0.05, 0) is 87.5 Å². The van der Waals surface area contributed by atoms with Gasteiger partial charge >= 0.3 is 40.7 Å². The van der Waals surface area contributed by atoms with E-state index < -0.39 is 77.3 Å². The molecule has 6 aromatic rings. The number of hydrogen-bond donors (Lipinski definition) is 12. The zero-order valence-electron chi connectivity index (χ0n) is 37.8. The number of halogens is 3. The average Bonchev–Trinajstić information content (AvgIpc) is 3.25. The average molecular weight is 1110 g/mol. The van der Waals surface area contributed by atoms with Crippen molar-refractivity contribution in [1.82, 2.24) is 0 Å². The summed E-state index contributed by atoms with van der Waals surface area (Å²) in [4.78, 5) is 88.2. The summed E-state index contributed by atoms with van der Waals surface area (Å²) < 4.78 is 33.9. The van der Waals surface area contributed by atoms with Gasteiger partial charge in [-0.3, -0.25) is 28.1 Å². The number of nitrogens with two attached hydrogens (primary N) is 3. The number of benzene rings is 6. The Balaban J connectivity index is 0.000000234. The molecule has 0 spiro atoms. The fourth-order valence-corrected chi connectivity index (χ4v) is 9.91. The summed E-state index contributed by atoms with van der Waals surface area (Å²) in [6.45, 7) is 0. The Morgan fingerprint density at radius 2 is 0.597 bits per heavy atom. The predicted molar refractivity (Wildman–Crippen MR) is 276 cm³/mol. The number of rotatable bonds is 18. The predicted octanol–water partition coefficient (Wildman–Crippen LogP) is 7.92. The van der Waals surface area contributed by atoms with Crippen LogP contribution in [0.5, 0.6) is 0 Å². The minimum absolute atomic E-state index is 0.0434. The number of hydrogen-bond acceptors (Lipinski definition) is 9. The van der Waals surface area contributed by atoms with E-state index in [4.69, 9.17) is 67.3 Å². The normalized spacial score (nSPS) is 12.8. The van der Waals surface area contributed by atoms with E-state index in [9.17, 15) is 57.4 Å². The lowest BCUT2D eigenvalue weighted by Crippen LogP contribution is -2.32.